The summed E-state index contributed by atoms with van der Waals surface area (Å²) in [5, 5.41) is 44.4. The molecule has 0 aliphatic heterocycles. The monoisotopic (exact) mass is 500 g/mol. The quantitative estimate of drug-likeness (QED) is 0.0863. The van der Waals surface area contributed by atoms with Crippen molar-refractivity contribution in [3.8, 4) is 0 Å². The summed E-state index contributed by atoms with van der Waals surface area (Å²) in [5.41, 5.74) is 0.0423. The summed E-state index contributed by atoms with van der Waals surface area (Å²) in [6, 6.07) is 9.71. The lowest BCUT2D eigenvalue weighted by Gasteiger charge is -2.31. The highest BCUT2D eigenvalue weighted by Gasteiger charge is 2.31. The van der Waals surface area contributed by atoms with Gasteiger partial charge in [0.1, 0.15) is 0 Å². The fourth-order valence-electron chi connectivity index (χ4n) is 4.23. The lowest BCUT2D eigenvalue weighted by atomic mass is 9.81. The van der Waals surface area contributed by atoms with Crippen LogP contribution in [0.25, 0.3) is 0 Å². The van der Waals surface area contributed by atoms with Crippen LogP contribution >= 0.6 is 23.2 Å². The van der Waals surface area contributed by atoms with Gasteiger partial charge in [0.05, 0.1) is 28.7 Å². The van der Waals surface area contributed by atoms with Gasteiger partial charge in [-0.05, 0) is 56.3 Å². The van der Waals surface area contributed by atoms with Crippen molar-refractivity contribution in [3.05, 3.63) is 59.9 Å². The Labute approximate surface area is 207 Å². The average molecular weight is 501 g/mol. The summed E-state index contributed by atoms with van der Waals surface area (Å²) >= 11 is 12.6. The van der Waals surface area contributed by atoms with E-state index in [0.717, 1.165) is 10.6 Å². The number of aliphatic hydroxyl groups excluding tert-OH is 2. The normalized spacial score (nSPS) is 24.1. The van der Waals surface area contributed by atoms with Gasteiger partial charge in [0, 0.05) is 19.0 Å². The highest BCUT2D eigenvalue weighted by molar-refractivity contribution is 6.31. The minimum Gasteiger partial charge on any atom is -0.512 e. The number of alkyl halides is 2. The third-order valence-electron chi connectivity index (χ3n) is 6.39. The van der Waals surface area contributed by atoms with Gasteiger partial charge in [0.2, 0.25) is 0 Å². The van der Waals surface area contributed by atoms with E-state index in [9.17, 15) is 15.4 Å². The second kappa shape index (κ2) is 14.3. The Balaban J connectivity index is 1.95. The van der Waals surface area contributed by atoms with Gasteiger partial charge in [-0.15, -0.1) is 23.2 Å². The number of nitrogens with zero attached hydrogens (tertiary/aromatic N) is 1. The second-order valence-electron chi connectivity index (χ2n) is 8.66. The van der Waals surface area contributed by atoms with Crippen molar-refractivity contribution in [2.75, 3.05) is 32.8 Å². The fraction of sp³-hybridized carbons (Fsp3) is 0.600. The highest BCUT2D eigenvalue weighted by atomic mass is 35.5. The Kier molecular flexibility index (Phi) is 12.2. The van der Waals surface area contributed by atoms with E-state index in [1.54, 1.807) is 6.08 Å². The maximum absolute atomic E-state index is 11.0. The van der Waals surface area contributed by atoms with E-state index in [-0.39, 0.29) is 48.0 Å². The zero-order valence-corrected chi connectivity index (χ0v) is 20.8. The SMILES string of the molecule is CCC(O)(CCNCCC(/C(O)=C/CN(O)CCO)C1C=CC(Cl)C(Cl)C1)c1ccccc1. The van der Waals surface area contributed by atoms with Crippen molar-refractivity contribution >= 4 is 23.2 Å². The molecule has 0 radical (unpaired) electrons. The standard InChI is InChI=1S/C25H38Cl2N2O4/c1-2-25(32,20-6-4-3-5-7-20)12-14-28-13-10-21(19-8-9-22(26)23(27)18-19)24(31)11-15-29(33)16-17-30/h3-9,11,19,21-23,28,30-33H,2,10,12-18H2,1H3/b24-11-. The minimum atomic E-state index is -0.875. The number of halogens is 2. The fourth-order valence-corrected chi connectivity index (χ4v) is 4.70. The summed E-state index contributed by atoms with van der Waals surface area (Å²) in [6.07, 6.45) is 8.00. The Hall–Kier alpha value is -1.12. The third-order valence-corrected chi connectivity index (χ3v) is 7.42. The Morgan fingerprint density at radius 1 is 1.24 bits per heavy atom. The molecule has 0 bridgehead atoms. The van der Waals surface area contributed by atoms with Crippen LogP contribution in [0.2, 0.25) is 0 Å². The van der Waals surface area contributed by atoms with Gasteiger partial charge in [0.25, 0.3) is 0 Å². The first-order valence-corrected chi connectivity index (χ1v) is 12.6. The van der Waals surface area contributed by atoms with Crippen molar-refractivity contribution in [2.45, 2.75) is 49.0 Å². The summed E-state index contributed by atoms with van der Waals surface area (Å²) in [5.74, 6) is 0.0398. The van der Waals surface area contributed by atoms with Crippen LogP contribution in [0.1, 0.15) is 38.2 Å². The van der Waals surface area contributed by atoms with Gasteiger partial charge < -0.3 is 25.8 Å². The van der Waals surface area contributed by atoms with E-state index in [1.165, 1.54) is 0 Å². The topological polar surface area (TPSA) is 96.2 Å². The molecule has 0 fully saturated rings. The van der Waals surface area contributed by atoms with Crippen molar-refractivity contribution < 1.29 is 20.5 Å². The molecule has 1 aromatic rings. The van der Waals surface area contributed by atoms with E-state index < -0.39 is 5.60 Å². The molecule has 2 rings (SSSR count). The molecule has 0 heterocycles. The molecule has 8 heteroatoms. The first-order valence-electron chi connectivity index (χ1n) is 11.7. The minimum absolute atomic E-state index is 0.0300. The predicted octanol–water partition coefficient (Wildman–Crippen LogP) is 4.19. The molecule has 1 aliphatic carbocycles. The average Bonchev–Trinajstić information content (AvgIpc) is 2.82. The first-order chi connectivity index (χ1) is 15.8. The summed E-state index contributed by atoms with van der Waals surface area (Å²) < 4.78 is 0. The van der Waals surface area contributed by atoms with Gasteiger partial charge >= 0.3 is 0 Å². The molecule has 5 atom stereocenters. The van der Waals surface area contributed by atoms with Gasteiger partial charge in [-0.3, -0.25) is 0 Å². The number of hydroxylamine groups is 2. The maximum atomic E-state index is 11.0. The van der Waals surface area contributed by atoms with Crippen LogP contribution in [0.15, 0.2) is 54.3 Å². The number of aliphatic hydroxyl groups is 3. The van der Waals surface area contributed by atoms with Crippen LogP contribution in [0.3, 0.4) is 0 Å². The number of benzene rings is 1. The van der Waals surface area contributed by atoms with E-state index in [1.807, 2.05) is 49.4 Å². The lowest BCUT2D eigenvalue weighted by Crippen LogP contribution is -2.32. The smallest absolute Gasteiger partial charge is 0.0933 e. The lowest BCUT2D eigenvalue weighted by molar-refractivity contribution is -0.0888. The molecule has 0 amide bonds. The van der Waals surface area contributed by atoms with Gasteiger partial charge in [-0.1, -0.05) is 49.4 Å². The molecule has 6 nitrogen and oxygen atoms in total. The van der Waals surface area contributed by atoms with Crippen LogP contribution in [-0.4, -0.2) is 69.1 Å². The molecular formula is C25H38Cl2N2O4. The molecule has 0 saturated carbocycles. The zero-order chi connectivity index (χ0) is 24.3. The summed E-state index contributed by atoms with van der Waals surface area (Å²) in [7, 11) is 0. The van der Waals surface area contributed by atoms with Crippen LogP contribution in [0.4, 0.5) is 0 Å². The molecule has 1 aliphatic rings. The number of allylic oxidation sites excluding steroid dienone is 3. The number of hydrogen-bond donors (Lipinski definition) is 5. The van der Waals surface area contributed by atoms with Crippen molar-refractivity contribution in [3.63, 3.8) is 0 Å². The molecule has 1 aromatic carbocycles. The summed E-state index contributed by atoms with van der Waals surface area (Å²) in [4.78, 5) is 0. The van der Waals surface area contributed by atoms with E-state index in [0.29, 0.717) is 38.8 Å². The molecule has 0 saturated heterocycles. The van der Waals surface area contributed by atoms with Gasteiger partial charge in [-0.25, -0.2) is 0 Å². The van der Waals surface area contributed by atoms with E-state index >= 15 is 0 Å². The molecule has 5 unspecified atom stereocenters. The van der Waals surface area contributed by atoms with Crippen LogP contribution in [-0.2, 0) is 5.60 Å². The van der Waals surface area contributed by atoms with Gasteiger partial charge in [-0.2, -0.15) is 5.06 Å². The Morgan fingerprint density at radius 3 is 2.61 bits per heavy atom. The van der Waals surface area contributed by atoms with Crippen molar-refractivity contribution in [1.82, 2.24) is 10.4 Å². The van der Waals surface area contributed by atoms with Crippen LogP contribution in [0, 0.1) is 11.8 Å². The Morgan fingerprint density at radius 2 is 1.97 bits per heavy atom. The predicted molar refractivity (Wildman–Crippen MR) is 134 cm³/mol. The Bertz CT molecular complexity index is 749. The number of hydrogen-bond acceptors (Lipinski definition) is 6. The number of rotatable bonds is 14. The van der Waals surface area contributed by atoms with Crippen LogP contribution < -0.4 is 5.32 Å². The van der Waals surface area contributed by atoms with Gasteiger partial charge in [0.15, 0.2) is 0 Å². The summed E-state index contributed by atoms with van der Waals surface area (Å²) in [6.45, 7) is 3.34. The first kappa shape index (κ1) is 28.1. The molecular weight excluding hydrogens is 463 g/mol. The van der Waals surface area contributed by atoms with Crippen molar-refractivity contribution in [2.24, 2.45) is 11.8 Å². The molecule has 0 spiro atoms. The van der Waals surface area contributed by atoms with E-state index in [2.05, 4.69) is 5.32 Å². The molecule has 5 N–H and O–H groups in total. The maximum Gasteiger partial charge on any atom is 0.0933 e. The molecule has 33 heavy (non-hydrogen) atoms. The highest BCUT2D eigenvalue weighted by Crippen LogP contribution is 2.35. The largest absolute Gasteiger partial charge is 0.512 e. The molecule has 0 aromatic heterocycles. The van der Waals surface area contributed by atoms with E-state index in [4.69, 9.17) is 28.3 Å². The number of nitrogens with one attached hydrogen (secondary N) is 1. The molecule has 186 valence electrons. The van der Waals surface area contributed by atoms with Crippen molar-refractivity contribution in [1.29, 1.82) is 0 Å². The zero-order valence-electron chi connectivity index (χ0n) is 19.3. The van der Waals surface area contributed by atoms with Crippen LogP contribution in [0.5, 0.6) is 0 Å². The third kappa shape index (κ3) is 8.87. The second-order valence-corrected chi connectivity index (χ2v) is 9.72.